The Bertz CT molecular complexity index is 492. The standard InChI is InChI=1S/C14H17FN2O2S/c15-11-3-5-12(6-4-11)20-9-13(18)17-7-1-2-10(8-17)14(16)19/h3-6,10H,1-2,7-9H2,(H2,16,19). The first-order valence-electron chi connectivity index (χ1n) is 6.51. The van der Waals surface area contributed by atoms with Crippen molar-refractivity contribution in [3.63, 3.8) is 0 Å². The van der Waals surface area contributed by atoms with Crippen molar-refractivity contribution < 1.29 is 14.0 Å². The number of rotatable bonds is 4. The zero-order chi connectivity index (χ0) is 14.5. The van der Waals surface area contributed by atoms with E-state index in [0.717, 1.165) is 17.7 Å². The van der Waals surface area contributed by atoms with Crippen molar-refractivity contribution >= 4 is 23.6 Å². The van der Waals surface area contributed by atoms with Crippen LogP contribution in [0, 0.1) is 11.7 Å². The highest BCUT2D eigenvalue weighted by Gasteiger charge is 2.26. The second kappa shape index (κ2) is 6.74. The lowest BCUT2D eigenvalue weighted by Crippen LogP contribution is -2.44. The Hall–Kier alpha value is -1.56. The molecule has 4 nitrogen and oxygen atoms in total. The van der Waals surface area contributed by atoms with Crippen LogP contribution in [0.25, 0.3) is 0 Å². The average Bonchev–Trinajstić information content (AvgIpc) is 2.46. The molecule has 108 valence electrons. The van der Waals surface area contributed by atoms with Gasteiger partial charge in [0.15, 0.2) is 0 Å². The molecule has 1 unspecified atom stereocenters. The number of benzene rings is 1. The van der Waals surface area contributed by atoms with E-state index in [0.29, 0.717) is 13.1 Å². The Labute approximate surface area is 121 Å². The maximum Gasteiger partial charge on any atom is 0.232 e. The summed E-state index contributed by atoms with van der Waals surface area (Å²) in [5.74, 6) is -0.583. The van der Waals surface area contributed by atoms with Gasteiger partial charge in [0.2, 0.25) is 11.8 Å². The fourth-order valence-electron chi connectivity index (χ4n) is 2.20. The number of primary amides is 1. The van der Waals surface area contributed by atoms with Crippen LogP contribution < -0.4 is 5.73 Å². The van der Waals surface area contributed by atoms with Gasteiger partial charge in [-0.25, -0.2) is 4.39 Å². The van der Waals surface area contributed by atoms with Gasteiger partial charge in [-0.1, -0.05) is 0 Å². The van der Waals surface area contributed by atoms with Crippen LogP contribution in [0.5, 0.6) is 0 Å². The molecular formula is C14H17FN2O2S. The lowest BCUT2D eigenvalue weighted by Gasteiger charge is -2.31. The number of nitrogens with zero attached hydrogens (tertiary/aromatic N) is 1. The van der Waals surface area contributed by atoms with Gasteiger partial charge in [-0.05, 0) is 37.1 Å². The number of carbonyl (C=O) groups is 2. The number of nitrogens with two attached hydrogens (primary N) is 1. The van der Waals surface area contributed by atoms with Gasteiger partial charge < -0.3 is 10.6 Å². The predicted octanol–water partition coefficient (Wildman–Crippen LogP) is 1.64. The molecule has 0 bridgehead atoms. The molecule has 1 atom stereocenters. The minimum Gasteiger partial charge on any atom is -0.369 e. The van der Waals surface area contributed by atoms with Gasteiger partial charge in [0, 0.05) is 18.0 Å². The van der Waals surface area contributed by atoms with Gasteiger partial charge in [-0.15, -0.1) is 11.8 Å². The van der Waals surface area contributed by atoms with E-state index < -0.39 is 0 Å². The molecule has 1 aliphatic rings. The van der Waals surface area contributed by atoms with Crippen molar-refractivity contribution in [2.24, 2.45) is 11.7 Å². The minimum atomic E-state index is -0.339. The van der Waals surface area contributed by atoms with E-state index in [9.17, 15) is 14.0 Å². The first-order valence-corrected chi connectivity index (χ1v) is 7.50. The van der Waals surface area contributed by atoms with E-state index in [1.807, 2.05) is 0 Å². The maximum absolute atomic E-state index is 12.8. The molecular weight excluding hydrogens is 279 g/mol. The summed E-state index contributed by atoms with van der Waals surface area (Å²) in [6.45, 7) is 1.09. The summed E-state index contributed by atoms with van der Waals surface area (Å²) in [6.07, 6.45) is 1.56. The first-order chi connectivity index (χ1) is 9.56. The third kappa shape index (κ3) is 3.96. The number of piperidine rings is 1. The Morgan fingerprint density at radius 3 is 2.70 bits per heavy atom. The van der Waals surface area contributed by atoms with E-state index in [1.165, 1.54) is 23.9 Å². The highest BCUT2D eigenvalue weighted by Crippen LogP contribution is 2.21. The van der Waals surface area contributed by atoms with Gasteiger partial charge in [0.25, 0.3) is 0 Å². The monoisotopic (exact) mass is 296 g/mol. The lowest BCUT2D eigenvalue weighted by molar-refractivity contribution is -0.132. The summed E-state index contributed by atoms with van der Waals surface area (Å²) in [5, 5.41) is 0. The number of halogens is 1. The summed E-state index contributed by atoms with van der Waals surface area (Å²) in [4.78, 5) is 25.8. The highest BCUT2D eigenvalue weighted by molar-refractivity contribution is 8.00. The van der Waals surface area contributed by atoms with Crippen molar-refractivity contribution in [1.82, 2.24) is 4.90 Å². The number of thioether (sulfide) groups is 1. The van der Waals surface area contributed by atoms with E-state index >= 15 is 0 Å². The second-order valence-corrected chi connectivity index (χ2v) is 5.87. The molecule has 2 amide bonds. The van der Waals surface area contributed by atoms with Gasteiger partial charge in [0.1, 0.15) is 5.82 Å². The van der Waals surface area contributed by atoms with E-state index in [2.05, 4.69) is 0 Å². The molecule has 20 heavy (non-hydrogen) atoms. The van der Waals surface area contributed by atoms with Gasteiger partial charge in [0.05, 0.1) is 11.7 Å². The van der Waals surface area contributed by atoms with Crippen LogP contribution in [0.4, 0.5) is 4.39 Å². The van der Waals surface area contributed by atoms with Crippen molar-refractivity contribution in [2.75, 3.05) is 18.8 Å². The molecule has 0 aliphatic carbocycles. The molecule has 1 saturated heterocycles. The van der Waals surface area contributed by atoms with E-state index in [-0.39, 0.29) is 29.3 Å². The fraction of sp³-hybridized carbons (Fsp3) is 0.429. The molecule has 0 spiro atoms. The molecule has 2 N–H and O–H groups in total. The molecule has 1 aliphatic heterocycles. The Kier molecular flexibility index (Phi) is 5.00. The number of hydrogen-bond acceptors (Lipinski definition) is 3. The number of hydrogen-bond donors (Lipinski definition) is 1. The topological polar surface area (TPSA) is 63.4 Å². The van der Waals surface area contributed by atoms with Gasteiger partial charge >= 0.3 is 0 Å². The summed E-state index contributed by atoms with van der Waals surface area (Å²) in [7, 11) is 0. The van der Waals surface area contributed by atoms with Crippen molar-refractivity contribution in [3.8, 4) is 0 Å². The Morgan fingerprint density at radius 2 is 2.05 bits per heavy atom. The SMILES string of the molecule is NC(=O)C1CCCN(C(=O)CSc2ccc(F)cc2)C1. The van der Waals surface area contributed by atoms with Crippen LogP contribution in [0.1, 0.15) is 12.8 Å². The average molecular weight is 296 g/mol. The predicted molar refractivity (Wildman–Crippen MR) is 75.6 cm³/mol. The van der Waals surface area contributed by atoms with E-state index in [1.54, 1.807) is 17.0 Å². The lowest BCUT2D eigenvalue weighted by atomic mass is 9.97. The molecule has 1 heterocycles. The van der Waals surface area contributed by atoms with Crippen molar-refractivity contribution in [3.05, 3.63) is 30.1 Å². The fourth-order valence-corrected chi connectivity index (χ4v) is 3.00. The summed E-state index contributed by atoms with van der Waals surface area (Å²) in [5.41, 5.74) is 5.29. The minimum absolute atomic E-state index is 0.00900. The zero-order valence-electron chi connectivity index (χ0n) is 11.0. The van der Waals surface area contributed by atoms with Gasteiger partial charge in [-0.2, -0.15) is 0 Å². The molecule has 1 aromatic rings. The molecule has 0 saturated carbocycles. The molecule has 1 aromatic carbocycles. The largest absolute Gasteiger partial charge is 0.369 e. The maximum atomic E-state index is 12.8. The van der Waals surface area contributed by atoms with Crippen LogP contribution >= 0.6 is 11.8 Å². The Balaban J connectivity index is 1.85. The van der Waals surface area contributed by atoms with E-state index in [4.69, 9.17) is 5.73 Å². The number of likely N-dealkylation sites (tertiary alicyclic amines) is 1. The third-order valence-electron chi connectivity index (χ3n) is 3.35. The molecule has 0 aromatic heterocycles. The third-order valence-corrected chi connectivity index (χ3v) is 4.35. The van der Waals surface area contributed by atoms with Crippen LogP contribution in [0.2, 0.25) is 0 Å². The quantitative estimate of drug-likeness (QED) is 0.859. The number of amides is 2. The normalized spacial score (nSPS) is 18.9. The zero-order valence-corrected chi connectivity index (χ0v) is 11.9. The second-order valence-electron chi connectivity index (χ2n) is 4.82. The summed E-state index contributed by atoms with van der Waals surface area (Å²) < 4.78 is 12.8. The molecule has 0 radical (unpaired) electrons. The highest BCUT2D eigenvalue weighted by atomic mass is 32.2. The number of carbonyl (C=O) groups excluding carboxylic acids is 2. The van der Waals surface area contributed by atoms with Gasteiger partial charge in [-0.3, -0.25) is 9.59 Å². The van der Waals surface area contributed by atoms with Crippen molar-refractivity contribution in [2.45, 2.75) is 17.7 Å². The van der Waals surface area contributed by atoms with Crippen LogP contribution in [0.15, 0.2) is 29.2 Å². The molecule has 2 rings (SSSR count). The molecule has 6 heteroatoms. The summed E-state index contributed by atoms with van der Waals surface area (Å²) >= 11 is 1.37. The van der Waals surface area contributed by atoms with Crippen LogP contribution in [-0.2, 0) is 9.59 Å². The molecule has 1 fully saturated rings. The first kappa shape index (κ1) is 14.8. The smallest absolute Gasteiger partial charge is 0.232 e. The van der Waals surface area contributed by atoms with Crippen LogP contribution in [0.3, 0.4) is 0 Å². The Morgan fingerprint density at radius 1 is 1.35 bits per heavy atom. The summed E-state index contributed by atoms with van der Waals surface area (Å²) in [6, 6.07) is 6.04. The van der Waals surface area contributed by atoms with Crippen molar-refractivity contribution in [1.29, 1.82) is 0 Å². The van der Waals surface area contributed by atoms with Crippen LogP contribution in [-0.4, -0.2) is 35.6 Å².